The zero-order chi connectivity index (χ0) is 17.1. The molecule has 0 heterocycles. The Morgan fingerprint density at radius 1 is 1.22 bits per heavy atom. The van der Waals surface area contributed by atoms with Crippen LogP contribution in [0.5, 0.6) is 0 Å². The Bertz CT molecular complexity index is 753. The lowest BCUT2D eigenvalue weighted by Crippen LogP contribution is -2.18. The van der Waals surface area contributed by atoms with Crippen LogP contribution >= 0.6 is 11.6 Å². The van der Waals surface area contributed by atoms with Gasteiger partial charge in [-0.1, -0.05) is 48.5 Å². The SMILES string of the molecule is [2H]c1c([2H])c([2H])c(N(/N=C/c2ccccc2)C(=O)Cl)c([2H])c1[2H]. The summed E-state index contributed by atoms with van der Waals surface area (Å²) in [6.07, 6.45) is 1.31. The number of carbonyl (C=O) groups is 1. The van der Waals surface area contributed by atoms with Crippen LogP contribution in [0.1, 0.15) is 12.4 Å². The number of benzene rings is 2. The molecule has 3 nitrogen and oxygen atoms in total. The second-order valence-electron chi connectivity index (χ2n) is 3.19. The number of hydrogen-bond donors (Lipinski definition) is 0. The fourth-order valence-corrected chi connectivity index (χ4v) is 1.33. The average molecular weight is 264 g/mol. The summed E-state index contributed by atoms with van der Waals surface area (Å²) in [5.74, 6) is 0. The first-order valence-electron chi connectivity index (χ1n) is 7.50. The Kier molecular flexibility index (Phi) is 2.44. The molecule has 90 valence electrons. The van der Waals surface area contributed by atoms with E-state index in [0.717, 1.165) is 0 Å². The second kappa shape index (κ2) is 5.98. The largest absolute Gasteiger partial charge is 0.341 e. The average Bonchev–Trinajstić information content (AvgIpc) is 2.54. The Hall–Kier alpha value is -2.13. The quantitative estimate of drug-likeness (QED) is 0.358. The van der Waals surface area contributed by atoms with Crippen molar-refractivity contribution in [3.8, 4) is 0 Å². The van der Waals surface area contributed by atoms with E-state index in [2.05, 4.69) is 5.10 Å². The highest BCUT2D eigenvalue weighted by Crippen LogP contribution is 2.15. The molecule has 0 aliphatic rings. The summed E-state index contributed by atoms with van der Waals surface area (Å²) in [5.41, 5.74) is 0.256. The number of carbonyl (C=O) groups excluding carboxylic acids is 1. The summed E-state index contributed by atoms with van der Waals surface area (Å²) in [6.45, 7) is 0. The van der Waals surface area contributed by atoms with Gasteiger partial charge in [-0.25, -0.2) is 0 Å². The molecule has 2 rings (SSSR count). The molecule has 0 fully saturated rings. The molecule has 0 aliphatic heterocycles. The van der Waals surface area contributed by atoms with Gasteiger partial charge in [0.25, 0.3) is 0 Å². The minimum atomic E-state index is -1.09. The highest BCUT2D eigenvalue weighted by atomic mass is 35.5. The predicted octanol–water partition coefficient (Wildman–Crippen LogP) is 3.89. The molecule has 0 radical (unpaired) electrons. The molecule has 2 aromatic carbocycles. The van der Waals surface area contributed by atoms with Crippen molar-refractivity contribution in [2.75, 3.05) is 5.01 Å². The highest BCUT2D eigenvalue weighted by Gasteiger charge is 2.10. The first kappa shape index (κ1) is 7.34. The van der Waals surface area contributed by atoms with Crippen molar-refractivity contribution in [3.05, 3.63) is 66.1 Å². The van der Waals surface area contributed by atoms with Gasteiger partial charge in [0.05, 0.1) is 18.8 Å². The maximum atomic E-state index is 11.6. The molecule has 0 unspecified atom stereocenters. The van der Waals surface area contributed by atoms with Gasteiger partial charge in [-0.3, -0.25) is 4.79 Å². The molecule has 2 aromatic rings. The van der Waals surface area contributed by atoms with Gasteiger partial charge >= 0.3 is 5.37 Å². The van der Waals surface area contributed by atoms with Gasteiger partial charge in [-0.05, 0) is 29.2 Å². The van der Waals surface area contributed by atoms with Crippen LogP contribution in [0, 0.1) is 0 Å². The maximum absolute atomic E-state index is 11.6. The number of nitrogens with zero attached hydrogens (tertiary/aromatic N) is 2. The topological polar surface area (TPSA) is 32.7 Å². The van der Waals surface area contributed by atoms with E-state index in [-0.39, 0.29) is 0 Å². The fraction of sp³-hybridized carbons (Fsp3) is 0. The first-order valence-corrected chi connectivity index (χ1v) is 5.38. The fourth-order valence-electron chi connectivity index (χ4n) is 1.20. The number of hydrogen-bond acceptors (Lipinski definition) is 2. The number of halogens is 1. The number of para-hydroxylation sites is 1. The van der Waals surface area contributed by atoms with E-state index >= 15 is 0 Å². The molecule has 0 atom stereocenters. The monoisotopic (exact) mass is 263 g/mol. The molecule has 0 aliphatic carbocycles. The summed E-state index contributed by atoms with van der Waals surface area (Å²) in [4.78, 5) is 11.6. The molecule has 18 heavy (non-hydrogen) atoms. The van der Waals surface area contributed by atoms with Crippen molar-refractivity contribution in [1.29, 1.82) is 0 Å². The molecule has 0 bridgehead atoms. The van der Waals surface area contributed by atoms with Crippen LogP contribution in [0.4, 0.5) is 10.5 Å². The number of rotatable bonds is 3. The number of anilines is 1. The Labute approximate surface area is 117 Å². The highest BCUT2D eigenvalue weighted by molar-refractivity contribution is 6.66. The smallest absolute Gasteiger partial charge is 0.253 e. The van der Waals surface area contributed by atoms with Crippen molar-refractivity contribution >= 4 is 28.9 Å². The van der Waals surface area contributed by atoms with E-state index < -0.39 is 41.3 Å². The maximum Gasteiger partial charge on any atom is 0.341 e. The van der Waals surface area contributed by atoms with Crippen molar-refractivity contribution in [2.45, 2.75) is 0 Å². The molecule has 0 aromatic heterocycles. The summed E-state index contributed by atoms with van der Waals surface area (Å²) < 4.78 is 38.5. The molecular weight excluding hydrogens is 248 g/mol. The van der Waals surface area contributed by atoms with Crippen LogP contribution in [0.3, 0.4) is 0 Å². The van der Waals surface area contributed by atoms with E-state index in [1.165, 1.54) is 6.21 Å². The van der Waals surface area contributed by atoms with Gasteiger partial charge in [-0.2, -0.15) is 10.1 Å². The van der Waals surface area contributed by atoms with Gasteiger partial charge in [0.15, 0.2) is 0 Å². The standard InChI is InChI=1S/C14H11ClN2O/c15-14(18)17(13-9-5-2-6-10-13)16-11-12-7-3-1-4-8-12/h1-11H/b16-11+/i2D,5D,6D,9D,10D. The first-order chi connectivity index (χ1) is 10.8. The number of hydrazone groups is 1. The molecule has 4 heteroatoms. The van der Waals surface area contributed by atoms with Crippen molar-refractivity contribution in [3.63, 3.8) is 0 Å². The molecule has 0 saturated carbocycles. The van der Waals surface area contributed by atoms with Crippen LogP contribution in [0.2, 0.25) is 0 Å². The third kappa shape index (κ3) is 3.18. The third-order valence-electron chi connectivity index (χ3n) is 1.99. The summed E-state index contributed by atoms with van der Waals surface area (Å²) in [5, 5.41) is 3.35. The van der Waals surface area contributed by atoms with Gasteiger partial charge in [0, 0.05) is 0 Å². The lowest BCUT2D eigenvalue weighted by molar-refractivity contribution is 0.264. The van der Waals surface area contributed by atoms with Gasteiger partial charge in [-0.15, -0.1) is 0 Å². The predicted molar refractivity (Wildman–Crippen MR) is 74.2 cm³/mol. The van der Waals surface area contributed by atoms with Crippen molar-refractivity contribution in [1.82, 2.24) is 0 Å². The van der Waals surface area contributed by atoms with E-state index in [1.807, 2.05) is 0 Å². The van der Waals surface area contributed by atoms with E-state index in [1.54, 1.807) is 30.3 Å². The zero-order valence-corrected chi connectivity index (χ0v) is 9.90. The van der Waals surface area contributed by atoms with E-state index in [4.69, 9.17) is 18.5 Å². The minimum Gasteiger partial charge on any atom is -0.253 e. The molecule has 0 spiro atoms. The number of amides is 1. The van der Waals surface area contributed by atoms with Crippen molar-refractivity contribution < 1.29 is 11.6 Å². The summed E-state index contributed by atoms with van der Waals surface area (Å²) in [7, 11) is 0. The third-order valence-corrected chi connectivity index (χ3v) is 2.15. The Morgan fingerprint density at radius 2 is 1.89 bits per heavy atom. The van der Waals surface area contributed by atoms with Gasteiger partial charge < -0.3 is 0 Å². The molecule has 0 N–H and O–H groups in total. The van der Waals surface area contributed by atoms with Crippen LogP contribution < -0.4 is 5.01 Å². The van der Waals surface area contributed by atoms with Crippen LogP contribution in [-0.2, 0) is 0 Å². The summed E-state index contributed by atoms with van der Waals surface area (Å²) in [6, 6.07) is 5.96. The van der Waals surface area contributed by atoms with Gasteiger partial charge in [0.2, 0.25) is 0 Å². The summed E-state index contributed by atoms with van der Waals surface area (Å²) >= 11 is 5.47. The normalized spacial score (nSPS) is 14.4. The van der Waals surface area contributed by atoms with Crippen LogP contribution in [-0.4, -0.2) is 11.6 Å². The Morgan fingerprint density at radius 3 is 2.50 bits per heavy atom. The van der Waals surface area contributed by atoms with Crippen LogP contribution in [0.25, 0.3) is 0 Å². The minimum absolute atomic E-state index is 0.400. The Balaban J connectivity index is 2.56. The zero-order valence-electron chi connectivity index (χ0n) is 14.1. The molecule has 1 amide bonds. The van der Waals surface area contributed by atoms with Crippen molar-refractivity contribution in [2.24, 2.45) is 5.10 Å². The molecule has 0 saturated heterocycles. The second-order valence-corrected chi connectivity index (χ2v) is 3.52. The lowest BCUT2D eigenvalue weighted by atomic mass is 10.2. The van der Waals surface area contributed by atoms with Gasteiger partial charge in [0.1, 0.15) is 0 Å². The lowest BCUT2D eigenvalue weighted by Gasteiger charge is -2.12. The van der Waals surface area contributed by atoms with Crippen LogP contribution in [0.15, 0.2) is 65.6 Å². The van der Waals surface area contributed by atoms with E-state index in [9.17, 15) is 4.79 Å². The molecular formula is C14H11ClN2O. The van der Waals surface area contributed by atoms with E-state index in [0.29, 0.717) is 10.6 Å².